The summed E-state index contributed by atoms with van der Waals surface area (Å²) in [6.07, 6.45) is 2.60. The van der Waals surface area contributed by atoms with Gasteiger partial charge in [-0.15, -0.1) is 0 Å². The van der Waals surface area contributed by atoms with Crippen LogP contribution in [-0.4, -0.2) is 9.19 Å². The molecule has 2 nitrogen and oxygen atoms in total. The van der Waals surface area contributed by atoms with Gasteiger partial charge in [-0.25, -0.2) is 4.98 Å². The predicted octanol–water partition coefficient (Wildman–Crippen LogP) is 3.98. The van der Waals surface area contributed by atoms with Crippen LogP contribution in [-0.2, 0) is 10.8 Å². The van der Waals surface area contributed by atoms with Crippen LogP contribution in [0.3, 0.4) is 0 Å². The van der Waals surface area contributed by atoms with E-state index in [2.05, 4.69) is 18.8 Å². The number of hydrogen-bond donors (Lipinski definition) is 0. The first-order valence-electron chi connectivity index (χ1n) is 6.55. The zero-order valence-electron chi connectivity index (χ0n) is 11.3. The van der Waals surface area contributed by atoms with Crippen LogP contribution in [0.15, 0.2) is 59.8 Å². The van der Waals surface area contributed by atoms with Gasteiger partial charge in [0, 0.05) is 6.20 Å². The molecular formula is C16H19NOS. The molecule has 0 amide bonds. The van der Waals surface area contributed by atoms with E-state index in [4.69, 9.17) is 0 Å². The molecule has 0 aliphatic carbocycles. The van der Waals surface area contributed by atoms with Crippen LogP contribution in [0.4, 0.5) is 0 Å². The minimum Gasteiger partial charge on any atom is -0.252 e. The smallest absolute Gasteiger partial charge is 0.127 e. The zero-order valence-corrected chi connectivity index (χ0v) is 12.1. The van der Waals surface area contributed by atoms with Gasteiger partial charge < -0.3 is 0 Å². The van der Waals surface area contributed by atoms with E-state index < -0.39 is 10.8 Å². The lowest BCUT2D eigenvalue weighted by atomic mass is 10.0. The average Bonchev–Trinajstić information content (AvgIpc) is 2.46. The van der Waals surface area contributed by atoms with Crippen molar-refractivity contribution in [2.75, 3.05) is 0 Å². The van der Waals surface area contributed by atoms with Gasteiger partial charge in [0.15, 0.2) is 0 Å². The minimum atomic E-state index is -1.10. The molecular weight excluding hydrogens is 254 g/mol. The summed E-state index contributed by atoms with van der Waals surface area (Å²) >= 11 is 0. The summed E-state index contributed by atoms with van der Waals surface area (Å²) in [6, 6.07) is 15.7. The fourth-order valence-electron chi connectivity index (χ4n) is 2.05. The SMILES string of the molecule is CC(C)C[C@H](c1ccccc1)[S@@](=O)c1ccccn1. The summed E-state index contributed by atoms with van der Waals surface area (Å²) < 4.78 is 12.7. The van der Waals surface area contributed by atoms with Gasteiger partial charge in [-0.2, -0.15) is 0 Å². The third-order valence-corrected chi connectivity index (χ3v) is 4.59. The molecule has 0 unspecified atom stereocenters. The third kappa shape index (κ3) is 3.74. The van der Waals surface area contributed by atoms with Crippen molar-refractivity contribution in [3.05, 3.63) is 60.3 Å². The van der Waals surface area contributed by atoms with E-state index in [1.54, 1.807) is 6.20 Å². The highest BCUT2D eigenvalue weighted by Crippen LogP contribution is 2.30. The molecule has 0 aliphatic rings. The van der Waals surface area contributed by atoms with E-state index >= 15 is 0 Å². The van der Waals surface area contributed by atoms with Crippen LogP contribution in [0.2, 0.25) is 0 Å². The Morgan fingerprint density at radius 3 is 2.32 bits per heavy atom. The summed E-state index contributed by atoms with van der Waals surface area (Å²) in [5.41, 5.74) is 1.13. The fraction of sp³-hybridized carbons (Fsp3) is 0.312. The third-order valence-electron chi connectivity index (χ3n) is 2.96. The van der Waals surface area contributed by atoms with E-state index in [1.165, 1.54) is 0 Å². The van der Waals surface area contributed by atoms with Gasteiger partial charge in [-0.3, -0.25) is 4.21 Å². The largest absolute Gasteiger partial charge is 0.252 e. The lowest BCUT2D eigenvalue weighted by molar-refractivity contribution is 0.564. The second-order valence-corrected chi connectivity index (χ2v) is 6.58. The predicted molar refractivity (Wildman–Crippen MR) is 79.3 cm³/mol. The molecule has 2 atom stereocenters. The second kappa shape index (κ2) is 6.62. The topological polar surface area (TPSA) is 30.0 Å². The van der Waals surface area contributed by atoms with Crippen LogP contribution >= 0.6 is 0 Å². The minimum absolute atomic E-state index is 0.0103. The molecule has 0 aliphatic heterocycles. The zero-order chi connectivity index (χ0) is 13.7. The first-order chi connectivity index (χ1) is 9.18. The molecule has 100 valence electrons. The van der Waals surface area contributed by atoms with Crippen LogP contribution in [0.25, 0.3) is 0 Å². The van der Waals surface area contributed by atoms with Crippen LogP contribution in [0, 0.1) is 5.92 Å². The first kappa shape index (κ1) is 13.9. The van der Waals surface area contributed by atoms with Gasteiger partial charge in [0.1, 0.15) is 5.03 Å². The van der Waals surface area contributed by atoms with Crippen molar-refractivity contribution in [1.29, 1.82) is 0 Å². The molecule has 0 fully saturated rings. The second-order valence-electron chi connectivity index (χ2n) is 4.99. The maximum absolute atomic E-state index is 12.7. The quantitative estimate of drug-likeness (QED) is 0.825. The Labute approximate surface area is 117 Å². The summed E-state index contributed by atoms with van der Waals surface area (Å²) in [5.74, 6) is 0.498. The highest BCUT2D eigenvalue weighted by Gasteiger charge is 2.22. The summed E-state index contributed by atoms with van der Waals surface area (Å²) in [7, 11) is -1.10. The highest BCUT2D eigenvalue weighted by molar-refractivity contribution is 7.85. The number of pyridine rings is 1. The molecule has 0 radical (unpaired) electrons. The van der Waals surface area contributed by atoms with Crippen LogP contribution < -0.4 is 0 Å². The number of rotatable bonds is 5. The van der Waals surface area contributed by atoms with E-state index in [0.717, 1.165) is 12.0 Å². The monoisotopic (exact) mass is 273 g/mol. The van der Waals surface area contributed by atoms with Gasteiger partial charge >= 0.3 is 0 Å². The van der Waals surface area contributed by atoms with Gasteiger partial charge in [0.05, 0.1) is 16.0 Å². The molecule has 1 heterocycles. The molecule has 1 aromatic carbocycles. The maximum atomic E-state index is 12.7. The maximum Gasteiger partial charge on any atom is 0.127 e. The summed E-state index contributed by atoms with van der Waals surface area (Å²) in [6.45, 7) is 4.32. The molecule has 1 aromatic heterocycles. The Morgan fingerprint density at radius 2 is 1.74 bits per heavy atom. The molecule has 0 saturated carbocycles. The Hall–Kier alpha value is -1.48. The number of aromatic nitrogens is 1. The summed E-state index contributed by atoms with van der Waals surface area (Å²) in [5, 5.41) is 0.674. The van der Waals surface area contributed by atoms with Crippen LogP contribution in [0.1, 0.15) is 31.1 Å². The Morgan fingerprint density at radius 1 is 1.05 bits per heavy atom. The Bertz CT molecular complexity index is 525. The van der Waals surface area contributed by atoms with Gasteiger partial charge in [-0.1, -0.05) is 50.2 Å². The molecule has 2 rings (SSSR count). The van der Waals surface area contributed by atoms with Crippen molar-refractivity contribution in [3.8, 4) is 0 Å². The molecule has 2 aromatic rings. The Balaban J connectivity index is 2.31. The molecule has 0 N–H and O–H groups in total. The summed E-state index contributed by atoms with van der Waals surface area (Å²) in [4.78, 5) is 4.23. The van der Waals surface area contributed by atoms with Crippen molar-refractivity contribution in [2.45, 2.75) is 30.5 Å². The van der Waals surface area contributed by atoms with E-state index in [9.17, 15) is 4.21 Å². The Kier molecular flexibility index (Phi) is 4.86. The standard InChI is InChI=1S/C16H19NOS/c1-13(2)12-15(14-8-4-3-5-9-14)19(18)16-10-6-7-11-17-16/h3-11,13,15H,12H2,1-2H3/t15-,19-/m1/s1. The first-order valence-corrected chi connectivity index (χ1v) is 7.76. The molecule has 0 bridgehead atoms. The normalized spacial score (nSPS) is 14.3. The molecule has 19 heavy (non-hydrogen) atoms. The van der Waals surface area contributed by atoms with Gasteiger partial charge in [-0.05, 0) is 30.0 Å². The lowest BCUT2D eigenvalue weighted by Crippen LogP contribution is -2.11. The number of benzene rings is 1. The molecule has 0 spiro atoms. The van der Waals surface area contributed by atoms with E-state index in [0.29, 0.717) is 10.9 Å². The van der Waals surface area contributed by atoms with Crippen molar-refractivity contribution < 1.29 is 4.21 Å². The van der Waals surface area contributed by atoms with Crippen molar-refractivity contribution >= 4 is 10.8 Å². The molecule has 0 saturated heterocycles. The fourth-order valence-corrected chi connectivity index (χ4v) is 3.69. The van der Waals surface area contributed by atoms with E-state index in [1.807, 2.05) is 48.5 Å². The highest BCUT2D eigenvalue weighted by atomic mass is 32.2. The van der Waals surface area contributed by atoms with E-state index in [-0.39, 0.29) is 5.25 Å². The molecule has 3 heteroatoms. The van der Waals surface area contributed by atoms with Gasteiger partial charge in [0.25, 0.3) is 0 Å². The van der Waals surface area contributed by atoms with Gasteiger partial charge in [0.2, 0.25) is 0 Å². The van der Waals surface area contributed by atoms with Crippen LogP contribution in [0.5, 0.6) is 0 Å². The number of nitrogens with zero attached hydrogens (tertiary/aromatic N) is 1. The van der Waals surface area contributed by atoms with Crippen molar-refractivity contribution in [2.24, 2.45) is 5.92 Å². The van der Waals surface area contributed by atoms with Crippen molar-refractivity contribution in [3.63, 3.8) is 0 Å². The van der Waals surface area contributed by atoms with Crippen molar-refractivity contribution in [1.82, 2.24) is 4.98 Å². The average molecular weight is 273 g/mol. The number of hydrogen-bond acceptors (Lipinski definition) is 2. The lowest BCUT2D eigenvalue weighted by Gasteiger charge is -2.18.